The van der Waals surface area contributed by atoms with Crippen LogP contribution in [0.3, 0.4) is 0 Å². The predicted octanol–water partition coefficient (Wildman–Crippen LogP) is 2.41. The quantitative estimate of drug-likeness (QED) is 0.515. The van der Waals surface area contributed by atoms with Crippen LogP contribution in [0.1, 0.15) is 37.7 Å². The van der Waals surface area contributed by atoms with Gasteiger partial charge in [-0.3, -0.25) is 4.90 Å². The average molecular weight is 413 g/mol. The maximum atomic E-state index is 5.49. The smallest absolute Gasteiger partial charge is 0.191 e. The highest BCUT2D eigenvalue weighted by atomic mass is 16.5. The summed E-state index contributed by atoms with van der Waals surface area (Å²) in [7, 11) is 0. The van der Waals surface area contributed by atoms with Gasteiger partial charge in [0.2, 0.25) is 0 Å². The summed E-state index contributed by atoms with van der Waals surface area (Å²) in [5.74, 6) is 1.88. The lowest BCUT2D eigenvalue weighted by Crippen LogP contribution is -2.56. The van der Waals surface area contributed by atoms with Crippen LogP contribution in [0.15, 0.2) is 41.7 Å². The Hall–Kier alpha value is -2.38. The van der Waals surface area contributed by atoms with Crippen LogP contribution in [-0.4, -0.2) is 65.3 Å². The van der Waals surface area contributed by atoms with Gasteiger partial charge in [-0.1, -0.05) is 24.3 Å². The molecule has 0 unspecified atom stereocenters. The van der Waals surface area contributed by atoms with E-state index in [4.69, 9.17) is 9.73 Å². The van der Waals surface area contributed by atoms with E-state index in [2.05, 4.69) is 70.1 Å². The molecule has 0 bridgehead atoms. The zero-order chi connectivity index (χ0) is 21.4. The van der Waals surface area contributed by atoms with Crippen LogP contribution in [0.25, 0.3) is 0 Å². The minimum atomic E-state index is 0.0442. The average Bonchev–Trinajstić information content (AvgIpc) is 3.15. The molecule has 2 N–H and O–H groups in total. The predicted molar refractivity (Wildman–Crippen MR) is 122 cm³/mol. The van der Waals surface area contributed by atoms with E-state index >= 15 is 0 Å². The van der Waals surface area contributed by atoms with Gasteiger partial charge in [0.1, 0.15) is 5.82 Å². The summed E-state index contributed by atoms with van der Waals surface area (Å²) in [6.45, 7) is 15.4. The molecule has 1 aromatic carbocycles. The molecule has 1 saturated heterocycles. The van der Waals surface area contributed by atoms with Gasteiger partial charge in [-0.05, 0) is 38.8 Å². The molecule has 0 amide bonds. The third kappa shape index (κ3) is 6.31. The van der Waals surface area contributed by atoms with Gasteiger partial charge in [0.05, 0.1) is 19.8 Å². The zero-order valence-corrected chi connectivity index (χ0v) is 18.8. The lowest BCUT2D eigenvalue weighted by molar-refractivity contribution is -0.00834. The topological polar surface area (TPSA) is 66.7 Å². The fourth-order valence-electron chi connectivity index (χ4n) is 3.69. The van der Waals surface area contributed by atoms with E-state index in [0.717, 1.165) is 57.7 Å². The van der Waals surface area contributed by atoms with Gasteiger partial charge < -0.3 is 19.9 Å². The van der Waals surface area contributed by atoms with Crippen LogP contribution in [0, 0.1) is 6.92 Å². The van der Waals surface area contributed by atoms with Crippen molar-refractivity contribution in [2.45, 2.75) is 46.3 Å². The first-order valence-electron chi connectivity index (χ1n) is 10.9. The summed E-state index contributed by atoms with van der Waals surface area (Å²) < 4.78 is 7.65. The number of imidazole rings is 1. The summed E-state index contributed by atoms with van der Waals surface area (Å²) >= 11 is 0. The molecule has 0 saturated carbocycles. The molecular weight excluding hydrogens is 376 g/mol. The van der Waals surface area contributed by atoms with Crippen molar-refractivity contribution in [3.05, 3.63) is 53.6 Å². The number of morpholine rings is 1. The molecule has 0 atom stereocenters. The molecule has 1 fully saturated rings. The third-order valence-corrected chi connectivity index (χ3v) is 5.59. The van der Waals surface area contributed by atoms with Gasteiger partial charge in [0.15, 0.2) is 5.96 Å². The van der Waals surface area contributed by atoms with Crippen LogP contribution in [0.2, 0.25) is 0 Å². The number of nitrogens with zero attached hydrogens (tertiary/aromatic N) is 4. The van der Waals surface area contributed by atoms with Crippen molar-refractivity contribution in [2.75, 3.05) is 39.4 Å². The summed E-state index contributed by atoms with van der Waals surface area (Å²) in [5.41, 5.74) is 2.51. The first-order valence-corrected chi connectivity index (χ1v) is 10.9. The molecule has 164 valence electrons. The highest BCUT2D eigenvalue weighted by Crippen LogP contribution is 2.15. The second kappa shape index (κ2) is 10.6. The number of aromatic nitrogens is 2. The first kappa shape index (κ1) is 22.3. The molecule has 1 aliphatic heterocycles. The summed E-state index contributed by atoms with van der Waals surface area (Å²) in [5, 5.41) is 6.90. The maximum Gasteiger partial charge on any atom is 0.191 e. The molecule has 2 aromatic rings. The summed E-state index contributed by atoms with van der Waals surface area (Å²) in [6.07, 6.45) is 3.86. The summed E-state index contributed by atoms with van der Waals surface area (Å²) in [6, 6.07) is 8.62. The zero-order valence-electron chi connectivity index (χ0n) is 18.8. The number of ether oxygens (including phenoxy) is 1. The van der Waals surface area contributed by atoms with Gasteiger partial charge in [-0.25, -0.2) is 9.98 Å². The maximum absolute atomic E-state index is 5.49. The lowest BCUT2D eigenvalue weighted by atomic mass is 10.0. The van der Waals surface area contributed by atoms with Crippen molar-refractivity contribution in [3.63, 3.8) is 0 Å². The van der Waals surface area contributed by atoms with Crippen LogP contribution in [-0.2, 0) is 17.8 Å². The van der Waals surface area contributed by atoms with E-state index in [-0.39, 0.29) is 5.54 Å². The van der Waals surface area contributed by atoms with E-state index in [1.807, 2.05) is 19.3 Å². The van der Waals surface area contributed by atoms with Gasteiger partial charge in [-0.2, -0.15) is 0 Å². The number of aliphatic imine (C=N–C) groups is 1. The first-order chi connectivity index (χ1) is 14.5. The van der Waals surface area contributed by atoms with Crippen LogP contribution in [0.4, 0.5) is 0 Å². The standard InChI is InChI=1S/C23H36N6O/c1-5-24-22(27-18-23(3,4)29-11-13-30-14-12-29)26-16-20-7-6-8-21(15-20)17-28-10-9-25-19(28)2/h6-10,15H,5,11-14,16-18H2,1-4H3,(H2,24,26,27). The highest BCUT2D eigenvalue weighted by molar-refractivity contribution is 5.79. The molecule has 7 heteroatoms. The number of guanidine groups is 1. The number of nitrogens with one attached hydrogen (secondary N) is 2. The molecule has 1 aliphatic rings. The van der Waals surface area contributed by atoms with Gasteiger partial charge >= 0.3 is 0 Å². The molecular formula is C23H36N6O. The van der Waals surface area contributed by atoms with Crippen LogP contribution < -0.4 is 10.6 Å². The largest absolute Gasteiger partial charge is 0.379 e. The van der Waals surface area contributed by atoms with E-state index in [9.17, 15) is 0 Å². The Kier molecular flexibility index (Phi) is 7.87. The number of aryl methyl sites for hydroxylation is 1. The van der Waals surface area contributed by atoms with Crippen molar-refractivity contribution in [2.24, 2.45) is 4.99 Å². The highest BCUT2D eigenvalue weighted by Gasteiger charge is 2.28. The lowest BCUT2D eigenvalue weighted by Gasteiger charge is -2.41. The Morgan fingerprint density at radius 2 is 1.97 bits per heavy atom. The van der Waals surface area contributed by atoms with E-state index in [1.165, 1.54) is 11.1 Å². The van der Waals surface area contributed by atoms with Crippen LogP contribution >= 0.6 is 0 Å². The fraction of sp³-hybridized carbons (Fsp3) is 0.565. The Labute approximate surface area is 180 Å². The molecule has 30 heavy (non-hydrogen) atoms. The minimum absolute atomic E-state index is 0.0442. The Morgan fingerprint density at radius 1 is 1.20 bits per heavy atom. The molecule has 7 nitrogen and oxygen atoms in total. The molecule has 2 heterocycles. The third-order valence-electron chi connectivity index (χ3n) is 5.59. The summed E-state index contributed by atoms with van der Waals surface area (Å²) in [4.78, 5) is 11.6. The van der Waals surface area contributed by atoms with Gasteiger partial charge in [0, 0.05) is 50.7 Å². The second-order valence-corrected chi connectivity index (χ2v) is 8.38. The van der Waals surface area contributed by atoms with Crippen molar-refractivity contribution in [1.29, 1.82) is 0 Å². The van der Waals surface area contributed by atoms with Crippen molar-refractivity contribution in [3.8, 4) is 0 Å². The van der Waals surface area contributed by atoms with Crippen molar-refractivity contribution >= 4 is 5.96 Å². The number of rotatable bonds is 8. The molecule has 3 rings (SSSR count). The van der Waals surface area contributed by atoms with Crippen LogP contribution in [0.5, 0.6) is 0 Å². The van der Waals surface area contributed by atoms with Crippen molar-refractivity contribution < 1.29 is 4.74 Å². The monoisotopic (exact) mass is 412 g/mol. The Bertz CT molecular complexity index is 823. The molecule has 0 spiro atoms. The minimum Gasteiger partial charge on any atom is -0.379 e. The van der Waals surface area contributed by atoms with Crippen molar-refractivity contribution in [1.82, 2.24) is 25.1 Å². The van der Waals surface area contributed by atoms with E-state index in [1.54, 1.807) is 0 Å². The normalized spacial score (nSPS) is 15.9. The molecule has 1 aromatic heterocycles. The van der Waals surface area contributed by atoms with Gasteiger partial charge in [-0.15, -0.1) is 0 Å². The second-order valence-electron chi connectivity index (χ2n) is 8.38. The number of hydrogen-bond donors (Lipinski definition) is 2. The number of benzene rings is 1. The molecule has 0 radical (unpaired) electrons. The van der Waals surface area contributed by atoms with E-state index in [0.29, 0.717) is 6.54 Å². The fourth-order valence-corrected chi connectivity index (χ4v) is 3.69. The molecule has 0 aliphatic carbocycles. The van der Waals surface area contributed by atoms with Gasteiger partial charge in [0.25, 0.3) is 0 Å². The number of hydrogen-bond acceptors (Lipinski definition) is 4. The van der Waals surface area contributed by atoms with E-state index < -0.39 is 0 Å². The Morgan fingerprint density at radius 3 is 2.67 bits per heavy atom. The Balaban J connectivity index is 1.60. The SMILES string of the molecule is CCNC(=NCc1cccc(Cn2ccnc2C)c1)NCC(C)(C)N1CCOCC1.